The van der Waals surface area contributed by atoms with E-state index in [1.54, 1.807) is 12.1 Å². The van der Waals surface area contributed by atoms with Crippen LogP contribution < -0.4 is 5.32 Å². The number of hydrogen-bond acceptors (Lipinski definition) is 3. The Kier molecular flexibility index (Phi) is 4.59. The Bertz CT molecular complexity index is 464. The van der Waals surface area contributed by atoms with Crippen LogP contribution in [0.15, 0.2) is 24.3 Å². The van der Waals surface area contributed by atoms with Gasteiger partial charge >= 0.3 is 5.97 Å². The summed E-state index contributed by atoms with van der Waals surface area (Å²) in [6, 6.07) is 6.21. The molecule has 0 radical (unpaired) electrons. The van der Waals surface area contributed by atoms with Crippen molar-refractivity contribution >= 4 is 17.7 Å². The summed E-state index contributed by atoms with van der Waals surface area (Å²) in [5, 5.41) is 11.2. The number of carboxylic acid groups (broad SMARTS) is 1. The van der Waals surface area contributed by atoms with Gasteiger partial charge in [-0.05, 0) is 19.1 Å². The van der Waals surface area contributed by atoms with E-state index >= 15 is 0 Å². The zero-order chi connectivity index (χ0) is 13.7. The van der Waals surface area contributed by atoms with Gasteiger partial charge in [-0.2, -0.15) is 0 Å². The molecule has 5 heteroatoms. The quantitative estimate of drug-likeness (QED) is 0.771. The van der Waals surface area contributed by atoms with Gasteiger partial charge < -0.3 is 10.4 Å². The molecule has 1 aromatic rings. The first-order valence-electron chi connectivity index (χ1n) is 5.54. The van der Waals surface area contributed by atoms with Crippen LogP contribution in [0, 0.1) is 5.92 Å². The van der Waals surface area contributed by atoms with Crippen LogP contribution in [-0.4, -0.2) is 29.3 Å². The lowest BCUT2D eigenvalue weighted by atomic mass is 10.1. The van der Waals surface area contributed by atoms with Gasteiger partial charge in [-0.25, -0.2) is 0 Å². The largest absolute Gasteiger partial charge is 0.481 e. The second-order valence-electron chi connectivity index (χ2n) is 4.08. The summed E-state index contributed by atoms with van der Waals surface area (Å²) in [4.78, 5) is 33.3. The summed E-state index contributed by atoms with van der Waals surface area (Å²) in [6.45, 7) is 3.04. The molecule has 1 amide bonds. The second-order valence-corrected chi connectivity index (χ2v) is 4.08. The maximum atomic E-state index is 11.7. The Morgan fingerprint density at radius 2 is 1.67 bits per heavy atom. The molecule has 18 heavy (non-hydrogen) atoms. The lowest BCUT2D eigenvalue weighted by Crippen LogP contribution is -2.31. The number of hydrogen-bond donors (Lipinski definition) is 2. The zero-order valence-electron chi connectivity index (χ0n) is 10.3. The molecule has 0 heterocycles. The normalized spacial score (nSPS) is 11.7. The minimum absolute atomic E-state index is 0.0681. The molecule has 96 valence electrons. The maximum absolute atomic E-state index is 11.7. The molecule has 0 aromatic heterocycles. The standard InChI is InChI=1S/C13H15NO4/c1-8(13(17)18)7-14-12(16)11-5-3-10(4-6-11)9(2)15/h3-6,8H,7H2,1-2H3,(H,14,16)(H,17,18). The topological polar surface area (TPSA) is 83.5 Å². The molecular weight excluding hydrogens is 234 g/mol. The van der Waals surface area contributed by atoms with Crippen molar-refractivity contribution in [3.05, 3.63) is 35.4 Å². The number of ketones is 1. The highest BCUT2D eigenvalue weighted by molar-refractivity contribution is 5.97. The van der Waals surface area contributed by atoms with Crippen LogP contribution in [0.1, 0.15) is 34.6 Å². The Morgan fingerprint density at radius 1 is 1.17 bits per heavy atom. The van der Waals surface area contributed by atoms with Gasteiger partial charge in [0.25, 0.3) is 5.91 Å². The van der Waals surface area contributed by atoms with Gasteiger partial charge in [0.2, 0.25) is 0 Å². The number of carboxylic acids is 1. The summed E-state index contributed by atoms with van der Waals surface area (Å²) in [6.07, 6.45) is 0. The van der Waals surface area contributed by atoms with Crippen molar-refractivity contribution < 1.29 is 19.5 Å². The first-order valence-corrected chi connectivity index (χ1v) is 5.54. The van der Waals surface area contributed by atoms with Crippen LogP contribution in [0.5, 0.6) is 0 Å². The van der Waals surface area contributed by atoms with Gasteiger partial charge in [0.1, 0.15) is 0 Å². The van der Waals surface area contributed by atoms with Crippen LogP contribution >= 0.6 is 0 Å². The summed E-state index contributed by atoms with van der Waals surface area (Å²) in [7, 11) is 0. The number of nitrogens with one attached hydrogen (secondary N) is 1. The molecule has 0 saturated heterocycles. The van der Waals surface area contributed by atoms with Crippen LogP contribution in [0.25, 0.3) is 0 Å². The SMILES string of the molecule is CC(=O)c1ccc(C(=O)NCC(C)C(=O)O)cc1. The van der Waals surface area contributed by atoms with Gasteiger partial charge in [-0.1, -0.05) is 19.1 Å². The van der Waals surface area contributed by atoms with Crippen LogP contribution in [-0.2, 0) is 4.79 Å². The summed E-state index contributed by atoms with van der Waals surface area (Å²) >= 11 is 0. The smallest absolute Gasteiger partial charge is 0.308 e. The Hall–Kier alpha value is -2.17. The predicted octanol–water partition coefficient (Wildman–Crippen LogP) is 1.34. The molecule has 2 N–H and O–H groups in total. The number of aliphatic carboxylic acids is 1. The van der Waals surface area contributed by atoms with Gasteiger partial charge in [0.05, 0.1) is 5.92 Å². The highest BCUT2D eigenvalue weighted by atomic mass is 16.4. The molecule has 0 aliphatic rings. The fourth-order valence-electron chi connectivity index (χ4n) is 1.29. The van der Waals surface area contributed by atoms with E-state index in [4.69, 9.17) is 5.11 Å². The first kappa shape index (κ1) is 13.9. The van der Waals surface area contributed by atoms with Gasteiger partial charge in [-0.3, -0.25) is 14.4 Å². The van der Waals surface area contributed by atoms with E-state index in [9.17, 15) is 14.4 Å². The molecule has 1 atom stereocenters. The summed E-state index contributed by atoms with van der Waals surface area (Å²) in [5.74, 6) is -2.01. The fraction of sp³-hybridized carbons (Fsp3) is 0.308. The van der Waals surface area contributed by atoms with E-state index in [0.29, 0.717) is 11.1 Å². The monoisotopic (exact) mass is 249 g/mol. The van der Waals surface area contributed by atoms with E-state index in [0.717, 1.165) is 0 Å². The van der Waals surface area contributed by atoms with Gasteiger partial charge in [0, 0.05) is 17.7 Å². The molecule has 0 aliphatic heterocycles. The first-order chi connectivity index (χ1) is 8.41. The van der Waals surface area contributed by atoms with Crippen LogP contribution in [0.3, 0.4) is 0 Å². The average molecular weight is 249 g/mol. The molecule has 0 bridgehead atoms. The Labute approximate surface area is 105 Å². The summed E-state index contributed by atoms with van der Waals surface area (Å²) in [5.41, 5.74) is 0.933. The molecular formula is C13H15NO4. The van der Waals surface area contributed by atoms with Crippen molar-refractivity contribution in [2.75, 3.05) is 6.54 Å². The average Bonchev–Trinajstić information content (AvgIpc) is 2.35. The molecule has 1 unspecified atom stereocenters. The minimum Gasteiger partial charge on any atom is -0.481 e. The molecule has 0 fully saturated rings. The second kappa shape index (κ2) is 5.95. The fourth-order valence-corrected chi connectivity index (χ4v) is 1.29. The Morgan fingerprint density at radius 3 is 2.11 bits per heavy atom. The number of carbonyl (C=O) groups excluding carboxylic acids is 2. The van der Waals surface area contributed by atoms with E-state index in [1.165, 1.54) is 26.0 Å². The highest BCUT2D eigenvalue weighted by Gasteiger charge is 2.13. The van der Waals surface area contributed by atoms with Crippen LogP contribution in [0.4, 0.5) is 0 Å². The Balaban J connectivity index is 2.62. The van der Waals surface area contributed by atoms with E-state index < -0.39 is 11.9 Å². The highest BCUT2D eigenvalue weighted by Crippen LogP contribution is 2.05. The number of Topliss-reactive ketones (excluding diaryl/α,β-unsaturated/α-hetero) is 1. The molecule has 0 aliphatic carbocycles. The lowest BCUT2D eigenvalue weighted by molar-refractivity contribution is -0.140. The summed E-state index contributed by atoms with van der Waals surface area (Å²) < 4.78 is 0. The van der Waals surface area contributed by atoms with Crippen molar-refractivity contribution in [1.82, 2.24) is 5.32 Å². The maximum Gasteiger partial charge on any atom is 0.308 e. The van der Waals surface area contributed by atoms with Gasteiger partial charge in [0.15, 0.2) is 5.78 Å². The number of benzene rings is 1. The number of amides is 1. The molecule has 0 spiro atoms. The van der Waals surface area contributed by atoms with Crippen molar-refractivity contribution in [3.8, 4) is 0 Å². The van der Waals surface area contributed by atoms with Crippen molar-refractivity contribution in [1.29, 1.82) is 0 Å². The van der Waals surface area contributed by atoms with E-state index in [2.05, 4.69) is 5.32 Å². The van der Waals surface area contributed by atoms with E-state index in [1.807, 2.05) is 0 Å². The third-order valence-corrected chi connectivity index (χ3v) is 2.54. The van der Waals surface area contributed by atoms with Crippen molar-refractivity contribution in [3.63, 3.8) is 0 Å². The zero-order valence-corrected chi connectivity index (χ0v) is 10.3. The molecule has 1 rings (SSSR count). The number of carbonyl (C=O) groups is 3. The minimum atomic E-state index is -0.956. The van der Waals surface area contributed by atoms with Crippen molar-refractivity contribution in [2.45, 2.75) is 13.8 Å². The number of rotatable bonds is 5. The lowest BCUT2D eigenvalue weighted by Gasteiger charge is -2.08. The predicted molar refractivity (Wildman–Crippen MR) is 65.6 cm³/mol. The van der Waals surface area contributed by atoms with Gasteiger partial charge in [-0.15, -0.1) is 0 Å². The molecule has 0 saturated carbocycles. The van der Waals surface area contributed by atoms with E-state index in [-0.39, 0.29) is 18.2 Å². The van der Waals surface area contributed by atoms with Crippen LogP contribution in [0.2, 0.25) is 0 Å². The third-order valence-electron chi connectivity index (χ3n) is 2.54. The molecule has 1 aromatic carbocycles. The van der Waals surface area contributed by atoms with Crippen molar-refractivity contribution in [2.24, 2.45) is 5.92 Å². The molecule has 5 nitrogen and oxygen atoms in total. The third kappa shape index (κ3) is 3.69.